The summed E-state index contributed by atoms with van der Waals surface area (Å²) in [6.07, 6.45) is 0.279. The van der Waals surface area contributed by atoms with Crippen LogP contribution in [0.3, 0.4) is 0 Å². The van der Waals surface area contributed by atoms with Crippen LogP contribution in [0.4, 0.5) is 11.4 Å². The summed E-state index contributed by atoms with van der Waals surface area (Å²) in [5.41, 5.74) is 2.62. The van der Waals surface area contributed by atoms with E-state index >= 15 is 0 Å². The molecule has 1 aliphatic carbocycles. The van der Waals surface area contributed by atoms with Crippen LogP contribution in [0, 0.1) is 22.2 Å². The van der Waals surface area contributed by atoms with E-state index < -0.39 is 17.9 Å². The van der Waals surface area contributed by atoms with Crippen molar-refractivity contribution in [1.29, 1.82) is 5.26 Å². The largest absolute Gasteiger partial charge is 0.496 e. The Morgan fingerprint density at radius 3 is 2.22 bits per heavy atom. The molecule has 4 amide bonds. The van der Waals surface area contributed by atoms with Crippen molar-refractivity contribution < 1.29 is 38.1 Å². The Bertz CT molecular complexity index is 2130. The molecule has 1 unspecified atom stereocenters. The fourth-order valence-electron chi connectivity index (χ4n) is 9.48. The molecule has 4 fully saturated rings. The number of nitrogens with zero attached hydrogens (tertiary/aromatic N) is 4. The summed E-state index contributed by atoms with van der Waals surface area (Å²) < 4.78 is 23.6. The summed E-state index contributed by atoms with van der Waals surface area (Å²) in [7, 11) is 3.05. The standard InChI is InChI=1S/C45H55N7O8/c1-44(2)42(45(3,4)43(44)60-32-13-9-29(25-46)36(24-32)57-5)49-39(54)28-7-10-30(11-8-28)52-21-22-59-33(27-52)26-50-17-19-51(20-18-50)31-12-14-34(37(23-31)58-6)40(55)47-35-15-16-38(53)48-41(35)56/h7-14,23-24,33,35,42-43H,15-22,26-27H2,1-6H3,(H,47,55)(H,49,54)(H,48,53,56)/t33-,35?,42?,43?/m0/s1. The van der Waals surface area contributed by atoms with E-state index in [-0.39, 0.29) is 53.7 Å². The van der Waals surface area contributed by atoms with Gasteiger partial charge in [0.05, 0.1) is 38.1 Å². The molecule has 7 rings (SSSR count). The zero-order valence-corrected chi connectivity index (χ0v) is 35.2. The molecule has 0 radical (unpaired) electrons. The molecule has 3 N–H and O–H groups in total. The number of imide groups is 1. The van der Waals surface area contributed by atoms with Gasteiger partial charge in [0.15, 0.2) is 0 Å². The summed E-state index contributed by atoms with van der Waals surface area (Å²) in [5, 5.41) is 17.6. The number of nitriles is 1. The third kappa shape index (κ3) is 8.71. The molecule has 0 bridgehead atoms. The van der Waals surface area contributed by atoms with E-state index in [1.54, 1.807) is 24.3 Å². The van der Waals surface area contributed by atoms with Gasteiger partial charge in [0.1, 0.15) is 35.5 Å². The maximum absolute atomic E-state index is 13.6. The Kier molecular flexibility index (Phi) is 12.3. The number of hydrogen-bond donors (Lipinski definition) is 3. The Labute approximate surface area is 351 Å². The van der Waals surface area contributed by atoms with Gasteiger partial charge in [0.2, 0.25) is 11.8 Å². The van der Waals surface area contributed by atoms with Crippen molar-refractivity contribution in [2.45, 2.75) is 64.8 Å². The van der Waals surface area contributed by atoms with Gasteiger partial charge in [-0.1, -0.05) is 27.7 Å². The molecule has 0 aromatic heterocycles. The topological polar surface area (TPSA) is 175 Å². The predicted octanol–water partition coefficient (Wildman–Crippen LogP) is 3.75. The number of hydrogen-bond acceptors (Lipinski definition) is 12. The first-order chi connectivity index (χ1) is 28.7. The third-order valence-electron chi connectivity index (χ3n) is 12.5. The van der Waals surface area contributed by atoms with Crippen LogP contribution in [-0.4, -0.2) is 119 Å². The van der Waals surface area contributed by atoms with Gasteiger partial charge in [-0.25, -0.2) is 0 Å². The first kappa shape index (κ1) is 42.3. The maximum atomic E-state index is 13.6. The van der Waals surface area contributed by atoms with Gasteiger partial charge >= 0.3 is 0 Å². The molecule has 318 valence electrons. The lowest BCUT2D eigenvalue weighted by molar-refractivity contribution is -0.164. The number of piperidine rings is 1. The average molecular weight is 822 g/mol. The number of methoxy groups -OCH3 is 2. The molecule has 3 saturated heterocycles. The molecule has 3 aromatic rings. The van der Waals surface area contributed by atoms with E-state index in [9.17, 15) is 24.4 Å². The summed E-state index contributed by atoms with van der Waals surface area (Å²) >= 11 is 0. The highest BCUT2D eigenvalue weighted by Gasteiger charge is 2.64. The van der Waals surface area contributed by atoms with E-state index in [0.29, 0.717) is 40.5 Å². The molecular weight excluding hydrogens is 767 g/mol. The molecule has 0 spiro atoms. The average Bonchev–Trinajstić information content (AvgIpc) is 3.25. The number of carbonyl (C=O) groups is 4. The number of ether oxygens (including phenoxy) is 4. The molecule has 15 heteroatoms. The number of anilines is 2. The van der Waals surface area contributed by atoms with Crippen LogP contribution in [0.15, 0.2) is 60.7 Å². The lowest BCUT2D eigenvalue weighted by atomic mass is 9.49. The second-order valence-electron chi connectivity index (χ2n) is 17.2. The van der Waals surface area contributed by atoms with Crippen LogP contribution < -0.4 is 40.0 Å². The zero-order chi connectivity index (χ0) is 42.8. The smallest absolute Gasteiger partial charge is 0.255 e. The number of rotatable bonds is 12. The molecule has 3 aromatic carbocycles. The molecule has 1 saturated carbocycles. The van der Waals surface area contributed by atoms with Gasteiger partial charge in [-0.05, 0) is 55.0 Å². The zero-order valence-electron chi connectivity index (χ0n) is 35.2. The van der Waals surface area contributed by atoms with Gasteiger partial charge in [0, 0.05) is 98.2 Å². The van der Waals surface area contributed by atoms with E-state index in [4.69, 9.17) is 18.9 Å². The second kappa shape index (κ2) is 17.4. The minimum atomic E-state index is -0.768. The Balaban J connectivity index is 0.885. The Hall–Kier alpha value is -5.85. The van der Waals surface area contributed by atoms with Crippen LogP contribution in [-0.2, 0) is 14.3 Å². The van der Waals surface area contributed by atoms with Gasteiger partial charge < -0.3 is 39.4 Å². The lowest BCUT2D eigenvalue weighted by Crippen LogP contribution is -2.74. The predicted molar refractivity (Wildman–Crippen MR) is 225 cm³/mol. The van der Waals surface area contributed by atoms with Crippen molar-refractivity contribution in [3.8, 4) is 23.3 Å². The quantitative estimate of drug-likeness (QED) is 0.226. The van der Waals surface area contributed by atoms with Gasteiger partial charge in [-0.15, -0.1) is 0 Å². The number of benzene rings is 3. The number of nitrogens with one attached hydrogen (secondary N) is 3. The summed E-state index contributed by atoms with van der Waals surface area (Å²) in [5.74, 6) is 0.0997. The van der Waals surface area contributed by atoms with Crippen LogP contribution in [0.25, 0.3) is 0 Å². The minimum absolute atomic E-state index is 0.0270. The van der Waals surface area contributed by atoms with Gasteiger partial charge in [-0.3, -0.25) is 29.4 Å². The van der Waals surface area contributed by atoms with E-state index in [1.165, 1.54) is 14.2 Å². The van der Waals surface area contributed by atoms with Crippen LogP contribution in [0.5, 0.6) is 17.2 Å². The number of piperazine rings is 1. The number of morpholine rings is 1. The molecule has 60 heavy (non-hydrogen) atoms. The third-order valence-corrected chi connectivity index (χ3v) is 12.5. The SMILES string of the molecule is COc1cc(OC2C(C)(C)C(NC(=O)c3ccc(N4CCO[C@@H](CN5CCN(c6ccc(C(=O)NC7CCC(=O)NC7=O)c(OC)c6)CC5)C4)cc3)C2(C)C)ccc1C#N. The van der Waals surface area contributed by atoms with Crippen molar-refractivity contribution >= 4 is 35.0 Å². The monoisotopic (exact) mass is 821 g/mol. The van der Waals surface area contributed by atoms with Crippen molar-refractivity contribution in [3.05, 3.63) is 77.4 Å². The van der Waals surface area contributed by atoms with E-state index in [2.05, 4.69) is 64.4 Å². The molecule has 3 heterocycles. The van der Waals surface area contributed by atoms with Crippen LogP contribution in [0.1, 0.15) is 66.8 Å². The van der Waals surface area contributed by atoms with E-state index in [1.807, 2.05) is 36.4 Å². The van der Waals surface area contributed by atoms with Crippen molar-refractivity contribution in [1.82, 2.24) is 20.9 Å². The highest BCUT2D eigenvalue weighted by atomic mass is 16.5. The fourth-order valence-corrected chi connectivity index (χ4v) is 9.48. The van der Waals surface area contributed by atoms with Gasteiger partial charge in [-0.2, -0.15) is 5.26 Å². The van der Waals surface area contributed by atoms with Crippen LogP contribution >= 0.6 is 0 Å². The van der Waals surface area contributed by atoms with Gasteiger partial charge in [0.25, 0.3) is 11.8 Å². The highest BCUT2D eigenvalue weighted by Crippen LogP contribution is 2.55. The molecule has 3 aliphatic heterocycles. The summed E-state index contributed by atoms with van der Waals surface area (Å²) in [6.45, 7) is 14.6. The number of amides is 4. The van der Waals surface area contributed by atoms with Crippen molar-refractivity contribution in [2.75, 3.05) is 76.4 Å². The lowest BCUT2D eigenvalue weighted by Gasteiger charge is -2.63. The van der Waals surface area contributed by atoms with Crippen molar-refractivity contribution in [2.24, 2.45) is 10.8 Å². The molecular formula is C45H55N7O8. The summed E-state index contributed by atoms with van der Waals surface area (Å²) in [4.78, 5) is 57.3. The molecule has 15 nitrogen and oxygen atoms in total. The second-order valence-corrected chi connectivity index (χ2v) is 17.2. The molecule has 2 atom stereocenters. The normalized spacial score (nSPS) is 23.7. The minimum Gasteiger partial charge on any atom is -0.496 e. The maximum Gasteiger partial charge on any atom is 0.255 e. The molecule has 4 aliphatic rings. The Morgan fingerprint density at radius 1 is 0.850 bits per heavy atom. The number of carbonyl (C=O) groups excluding carboxylic acids is 4. The van der Waals surface area contributed by atoms with Crippen molar-refractivity contribution in [3.63, 3.8) is 0 Å². The first-order valence-corrected chi connectivity index (χ1v) is 20.5. The van der Waals surface area contributed by atoms with Crippen LogP contribution in [0.2, 0.25) is 0 Å². The first-order valence-electron chi connectivity index (χ1n) is 20.5. The van der Waals surface area contributed by atoms with E-state index in [0.717, 1.165) is 57.2 Å². The highest BCUT2D eigenvalue weighted by molar-refractivity contribution is 6.04. The Morgan fingerprint density at radius 2 is 1.55 bits per heavy atom. The summed E-state index contributed by atoms with van der Waals surface area (Å²) in [6, 6.07) is 19.7. The fraction of sp³-hybridized carbons (Fsp3) is 0.489.